The summed E-state index contributed by atoms with van der Waals surface area (Å²) in [5.74, 6) is -3.52. The van der Waals surface area contributed by atoms with Crippen molar-refractivity contribution in [3.05, 3.63) is 83.3 Å². The summed E-state index contributed by atoms with van der Waals surface area (Å²) < 4.78 is 13.1. The van der Waals surface area contributed by atoms with Crippen molar-refractivity contribution in [2.24, 2.45) is 0 Å². The molecule has 4 amide bonds. The molecule has 0 saturated carbocycles. The van der Waals surface area contributed by atoms with Crippen molar-refractivity contribution in [1.82, 2.24) is 15.1 Å². The van der Waals surface area contributed by atoms with E-state index in [1.54, 1.807) is 36.4 Å². The number of carbonyl (C=O) groups excluding carboxylic acids is 5. The zero-order valence-corrected chi connectivity index (χ0v) is 26.1. The summed E-state index contributed by atoms with van der Waals surface area (Å²) >= 11 is 2.45. The zero-order valence-electron chi connectivity index (χ0n) is 22.5. The number of carboxylic acid groups (broad SMARTS) is 1. The van der Waals surface area contributed by atoms with Gasteiger partial charge in [-0.25, -0.2) is 4.39 Å². The minimum atomic E-state index is -1.56. The van der Waals surface area contributed by atoms with Gasteiger partial charge in [0.15, 0.2) is 0 Å². The number of nitrogens with one attached hydrogen (secondary N) is 2. The molecule has 0 radical (unpaired) electrons. The number of hydrogen-bond donors (Lipinski definition) is 2. The second kappa shape index (κ2) is 13.9. The quantitative estimate of drug-likeness (QED) is 0.144. The molecule has 2 fully saturated rings. The van der Waals surface area contributed by atoms with Crippen molar-refractivity contribution < 1.29 is 63.0 Å². The number of aliphatic carboxylic acids is 1. The Labute approximate surface area is 271 Å². The predicted molar refractivity (Wildman–Crippen MR) is 149 cm³/mol. The van der Waals surface area contributed by atoms with Gasteiger partial charge < -0.3 is 25.4 Å². The van der Waals surface area contributed by atoms with Crippen molar-refractivity contribution in [2.75, 3.05) is 29.9 Å². The number of thioether (sulfide) groups is 2. The van der Waals surface area contributed by atoms with Gasteiger partial charge in [0.05, 0.1) is 17.4 Å². The number of allylic oxidation sites excluding steroid dienone is 1. The van der Waals surface area contributed by atoms with Crippen LogP contribution in [0.25, 0.3) is 0 Å². The van der Waals surface area contributed by atoms with Gasteiger partial charge in [0.1, 0.15) is 23.8 Å². The number of benzene rings is 2. The number of nitrogens with zero attached hydrogens (tertiary/aromatic N) is 2. The van der Waals surface area contributed by atoms with Crippen LogP contribution in [0.2, 0.25) is 0 Å². The van der Waals surface area contributed by atoms with E-state index in [0.717, 1.165) is 4.90 Å². The van der Waals surface area contributed by atoms with Crippen LogP contribution >= 0.6 is 23.5 Å². The van der Waals surface area contributed by atoms with Gasteiger partial charge in [0, 0.05) is 28.5 Å². The van der Waals surface area contributed by atoms with Crippen molar-refractivity contribution in [3.8, 4) is 0 Å². The van der Waals surface area contributed by atoms with Crippen LogP contribution in [-0.4, -0.2) is 75.4 Å². The summed E-state index contributed by atoms with van der Waals surface area (Å²) in [7, 11) is 0. The number of halogens is 1. The number of anilines is 1. The largest absolute Gasteiger partial charge is 1.00 e. The second-order valence-electron chi connectivity index (χ2n) is 9.42. The molecule has 0 aromatic heterocycles. The number of likely N-dealkylation sites (tertiary alicyclic amines) is 1. The van der Waals surface area contributed by atoms with Gasteiger partial charge in [-0.05, 0) is 54.5 Å². The third kappa shape index (κ3) is 7.09. The average Bonchev–Trinajstić information content (AvgIpc) is 3.29. The topological polar surface area (TPSA) is 139 Å². The fraction of sp³-hybridized carbons (Fsp3) is 0.250. The number of amides is 4. The number of hydrogen-bond acceptors (Lipinski definition) is 8. The Morgan fingerprint density at radius 1 is 1.07 bits per heavy atom. The Kier molecular flexibility index (Phi) is 10.5. The van der Waals surface area contributed by atoms with E-state index in [2.05, 4.69) is 10.6 Å². The maximum Gasteiger partial charge on any atom is 1.00 e. The van der Waals surface area contributed by atoms with Crippen LogP contribution in [0.3, 0.4) is 0 Å². The maximum absolute atomic E-state index is 13.1. The van der Waals surface area contributed by atoms with Crippen molar-refractivity contribution in [2.45, 2.75) is 22.7 Å². The first-order valence-electron chi connectivity index (χ1n) is 12.6. The molecule has 2 aromatic carbocycles. The van der Waals surface area contributed by atoms with Gasteiger partial charge in [-0.1, -0.05) is 18.2 Å². The average molecular weight is 619 g/mol. The Hall–Kier alpha value is -3.10. The summed E-state index contributed by atoms with van der Waals surface area (Å²) in [6, 6.07) is 13.6. The van der Waals surface area contributed by atoms with Crippen LogP contribution in [0.1, 0.15) is 6.42 Å². The van der Waals surface area contributed by atoms with Gasteiger partial charge in [-0.2, -0.15) is 0 Å². The molecular formula is C28H24FN4NaO6S2. The number of β-lactam (4-membered cyclic amide) rings is 1. The number of para-hydroxylation sites is 1. The second-order valence-corrected chi connectivity index (χ2v) is 11.6. The van der Waals surface area contributed by atoms with Crippen LogP contribution in [0.4, 0.5) is 10.1 Å². The summed E-state index contributed by atoms with van der Waals surface area (Å²) in [4.78, 5) is 66.0. The Morgan fingerprint density at radius 3 is 2.48 bits per heavy atom. The van der Waals surface area contributed by atoms with Crippen molar-refractivity contribution >= 4 is 58.8 Å². The van der Waals surface area contributed by atoms with E-state index >= 15 is 0 Å². The summed E-state index contributed by atoms with van der Waals surface area (Å²) in [5.41, 5.74) is 0.874. The molecule has 42 heavy (non-hydrogen) atoms. The number of fused-ring (bicyclic) bond motifs is 1. The van der Waals surface area contributed by atoms with E-state index in [0.29, 0.717) is 29.1 Å². The standard InChI is InChI=1S/C28H25FN4O6S2.Na/c29-18-6-8-20(9-7-18)40-15-22(35)31-23-26(37)33-24(28(38)39)17(14-41-27(23)33)12-16-10-11-32(25(16)36)13-21(34)30-19-4-2-1-3-5-19;/h1-9,12,23,27H,10-11,13-15H2,(H,30,34)(H,31,35)(H,38,39);/q;+1/p-1/b16-12+;/t23-,27-;/m1./s1. The molecule has 3 aliphatic rings. The third-order valence-corrected chi connectivity index (χ3v) is 8.96. The van der Waals surface area contributed by atoms with E-state index in [1.807, 2.05) is 6.07 Å². The molecule has 2 atom stereocenters. The van der Waals surface area contributed by atoms with Crippen LogP contribution in [-0.2, 0) is 24.0 Å². The fourth-order valence-electron chi connectivity index (χ4n) is 4.70. The van der Waals surface area contributed by atoms with Gasteiger partial charge in [-0.15, -0.1) is 23.5 Å². The molecule has 0 spiro atoms. The molecule has 3 heterocycles. The maximum atomic E-state index is 13.1. The number of rotatable bonds is 9. The number of carboxylic acids is 1. The summed E-state index contributed by atoms with van der Waals surface area (Å²) in [6.45, 7) is 0.142. The fourth-order valence-corrected chi connectivity index (χ4v) is 6.71. The smallest absolute Gasteiger partial charge is 0.543 e. The van der Waals surface area contributed by atoms with Gasteiger partial charge in [0.25, 0.3) is 5.91 Å². The minimum absolute atomic E-state index is 0. The molecule has 0 aliphatic carbocycles. The van der Waals surface area contributed by atoms with E-state index < -0.39 is 29.2 Å². The third-order valence-electron chi connectivity index (χ3n) is 6.64. The SMILES string of the molecule is O=C(CN1CC/C(=C\C2=C(C(=O)[O-])N3C(=O)[C@@H](NC(=O)CSc4ccc(F)cc4)[C@H]3SC2)C1=O)Nc1ccccc1.[Na+]. The predicted octanol–water partition coefficient (Wildman–Crippen LogP) is -1.88. The Balaban J connectivity index is 0.00000405. The Bertz CT molecular complexity index is 1470. The molecule has 5 rings (SSSR count). The molecule has 3 aliphatic heterocycles. The van der Waals surface area contributed by atoms with Crippen LogP contribution in [0.15, 0.2) is 82.4 Å². The first-order valence-corrected chi connectivity index (χ1v) is 14.7. The molecule has 212 valence electrons. The minimum Gasteiger partial charge on any atom is -0.543 e. The van der Waals surface area contributed by atoms with E-state index in [1.165, 1.54) is 46.6 Å². The molecule has 0 bridgehead atoms. The normalized spacial score (nSPS) is 20.5. The van der Waals surface area contributed by atoms with Crippen LogP contribution in [0.5, 0.6) is 0 Å². The van der Waals surface area contributed by atoms with E-state index in [4.69, 9.17) is 0 Å². The molecule has 14 heteroatoms. The molecule has 0 unspecified atom stereocenters. The first-order chi connectivity index (χ1) is 19.7. The molecular weight excluding hydrogens is 594 g/mol. The molecule has 2 saturated heterocycles. The molecule has 10 nitrogen and oxygen atoms in total. The van der Waals surface area contributed by atoms with E-state index in [9.17, 15) is 33.5 Å². The van der Waals surface area contributed by atoms with Crippen molar-refractivity contribution in [1.29, 1.82) is 0 Å². The van der Waals surface area contributed by atoms with Crippen LogP contribution in [0, 0.1) is 5.82 Å². The van der Waals surface area contributed by atoms with Gasteiger partial charge in [0.2, 0.25) is 17.7 Å². The number of carbonyl (C=O) groups is 5. The summed E-state index contributed by atoms with van der Waals surface area (Å²) in [6.07, 6.45) is 1.78. The monoisotopic (exact) mass is 618 g/mol. The first kappa shape index (κ1) is 31.8. The van der Waals surface area contributed by atoms with Crippen molar-refractivity contribution in [3.63, 3.8) is 0 Å². The van der Waals surface area contributed by atoms with E-state index in [-0.39, 0.29) is 76.5 Å². The Morgan fingerprint density at radius 2 is 1.79 bits per heavy atom. The van der Waals surface area contributed by atoms with Crippen LogP contribution < -0.4 is 45.3 Å². The van der Waals surface area contributed by atoms with Gasteiger partial charge in [-0.3, -0.25) is 24.1 Å². The molecule has 2 N–H and O–H groups in total. The summed E-state index contributed by atoms with van der Waals surface area (Å²) in [5, 5.41) is 16.8. The molecule has 2 aromatic rings. The van der Waals surface area contributed by atoms with Gasteiger partial charge >= 0.3 is 29.6 Å². The zero-order chi connectivity index (χ0) is 29.1.